The first-order chi connectivity index (χ1) is 10.1. The van der Waals surface area contributed by atoms with Gasteiger partial charge < -0.3 is 9.47 Å². The van der Waals surface area contributed by atoms with Crippen LogP contribution in [0.15, 0.2) is 0 Å². The molecule has 0 unspecified atom stereocenters. The van der Waals surface area contributed by atoms with Crippen LogP contribution in [0.4, 0.5) is 22.0 Å². The lowest BCUT2D eigenvalue weighted by atomic mass is 10.1. The van der Waals surface area contributed by atoms with Crippen LogP contribution in [0.3, 0.4) is 0 Å². The molecule has 0 aromatic heterocycles. The Morgan fingerprint density at radius 1 is 1.00 bits per heavy atom. The summed E-state index contributed by atoms with van der Waals surface area (Å²) in [6.45, 7) is 2.42. The van der Waals surface area contributed by atoms with Gasteiger partial charge in [-0.05, 0) is 20.3 Å². The second-order valence-corrected chi connectivity index (χ2v) is 4.87. The van der Waals surface area contributed by atoms with Crippen LogP contribution in [-0.4, -0.2) is 24.9 Å². The van der Waals surface area contributed by atoms with Crippen LogP contribution >= 0.6 is 0 Å². The van der Waals surface area contributed by atoms with E-state index in [0.29, 0.717) is 0 Å². The van der Waals surface area contributed by atoms with Crippen LogP contribution < -0.4 is 4.74 Å². The normalized spacial score (nSPS) is 11.5. The number of carbonyl (C=O) groups is 1. The molecule has 0 aliphatic heterocycles. The van der Waals surface area contributed by atoms with E-state index >= 15 is 0 Å². The van der Waals surface area contributed by atoms with Gasteiger partial charge in [0, 0.05) is 5.56 Å². The van der Waals surface area contributed by atoms with Crippen molar-refractivity contribution >= 4 is 5.97 Å². The molecule has 0 N–H and O–H groups in total. The SMILES string of the molecule is CCc1c(F)c(F)c(F)c(F)c1OCCOC(=O)C(C)(C)F. The van der Waals surface area contributed by atoms with Crippen molar-refractivity contribution in [1.29, 1.82) is 0 Å². The van der Waals surface area contributed by atoms with E-state index in [1.165, 1.54) is 6.92 Å². The fourth-order valence-electron chi connectivity index (χ4n) is 1.57. The molecule has 3 nitrogen and oxygen atoms in total. The number of rotatable bonds is 6. The van der Waals surface area contributed by atoms with Gasteiger partial charge in [-0.2, -0.15) is 4.39 Å². The number of carbonyl (C=O) groups excluding carboxylic acids is 1. The molecule has 0 atom stereocenters. The lowest BCUT2D eigenvalue weighted by molar-refractivity contribution is -0.156. The van der Waals surface area contributed by atoms with Gasteiger partial charge in [-0.1, -0.05) is 6.92 Å². The molecule has 1 aromatic carbocycles. The van der Waals surface area contributed by atoms with E-state index in [0.717, 1.165) is 13.8 Å². The smallest absolute Gasteiger partial charge is 0.343 e. The maximum Gasteiger partial charge on any atom is 0.343 e. The minimum atomic E-state index is -2.21. The van der Waals surface area contributed by atoms with E-state index < -0.39 is 59.4 Å². The fourth-order valence-corrected chi connectivity index (χ4v) is 1.57. The van der Waals surface area contributed by atoms with Crippen molar-refractivity contribution in [3.63, 3.8) is 0 Å². The predicted molar refractivity (Wildman–Crippen MR) is 67.3 cm³/mol. The van der Waals surface area contributed by atoms with E-state index in [1.54, 1.807) is 0 Å². The summed E-state index contributed by atoms with van der Waals surface area (Å²) >= 11 is 0. The highest BCUT2D eigenvalue weighted by Gasteiger charge is 2.29. The van der Waals surface area contributed by atoms with Crippen LogP contribution in [0.25, 0.3) is 0 Å². The Hall–Kier alpha value is -1.86. The molecule has 0 saturated carbocycles. The molecule has 0 saturated heterocycles. The number of alkyl halides is 1. The van der Waals surface area contributed by atoms with Crippen molar-refractivity contribution < 1.29 is 36.2 Å². The number of ether oxygens (including phenoxy) is 2. The molecule has 0 radical (unpaired) electrons. The Bertz CT molecular complexity index is 567. The topological polar surface area (TPSA) is 35.5 Å². The summed E-state index contributed by atoms with van der Waals surface area (Å²) in [5.41, 5.74) is -2.69. The van der Waals surface area contributed by atoms with Crippen molar-refractivity contribution in [2.75, 3.05) is 13.2 Å². The molecule has 0 bridgehead atoms. The first-order valence-electron chi connectivity index (χ1n) is 6.45. The van der Waals surface area contributed by atoms with Crippen molar-refractivity contribution in [3.05, 3.63) is 28.8 Å². The Balaban J connectivity index is 2.81. The maximum atomic E-state index is 13.6. The van der Waals surface area contributed by atoms with Gasteiger partial charge in [-0.25, -0.2) is 22.4 Å². The Morgan fingerprint density at radius 3 is 2.05 bits per heavy atom. The third-order valence-corrected chi connectivity index (χ3v) is 2.72. The van der Waals surface area contributed by atoms with E-state index in [9.17, 15) is 26.7 Å². The Morgan fingerprint density at radius 2 is 1.55 bits per heavy atom. The lowest BCUT2D eigenvalue weighted by Crippen LogP contribution is -2.29. The molecule has 124 valence electrons. The molecule has 0 heterocycles. The molecule has 22 heavy (non-hydrogen) atoms. The van der Waals surface area contributed by atoms with Gasteiger partial charge in [0.25, 0.3) is 0 Å². The molecule has 0 fully saturated rings. The van der Waals surface area contributed by atoms with E-state index in [1.807, 2.05) is 0 Å². The molecule has 0 aliphatic carbocycles. The number of benzene rings is 1. The Kier molecular flexibility index (Phi) is 5.73. The third kappa shape index (κ3) is 3.86. The average Bonchev–Trinajstić information content (AvgIpc) is 2.45. The van der Waals surface area contributed by atoms with Crippen molar-refractivity contribution in [2.45, 2.75) is 32.9 Å². The highest BCUT2D eigenvalue weighted by Crippen LogP contribution is 2.30. The largest absolute Gasteiger partial charge is 0.486 e. The van der Waals surface area contributed by atoms with Crippen LogP contribution in [0.2, 0.25) is 0 Å². The first-order valence-corrected chi connectivity index (χ1v) is 6.45. The molecule has 0 aliphatic rings. The van der Waals surface area contributed by atoms with Crippen LogP contribution in [0.1, 0.15) is 26.3 Å². The quantitative estimate of drug-likeness (QED) is 0.264. The first kappa shape index (κ1) is 18.2. The zero-order chi connectivity index (χ0) is 17.1. The van der Waals surface area contributed by atoms with Crippen molar-refractivity contribution in [3.8, 4) is 5.75 Å². The molecular weight excluding hydrogens is 311 g/mol. The zero-order valence-electron chi connectivity index (χ0n) is 12.2. The lowest BCUT2D eigenvalue weighted by Gasteiger charge is -2.15. The molecule has 0 spiro atoms. The van der Waals surface area contributed by atoms with Crippen molar-refractivity contribution in [1.82, 2.24) is 0 Å². The summed E-state index contributed by atoms with van der Waals surface area (Å²) in [6, 6.07) is 0. The molecular formula is C14H15F5O3. The summed E-state index contributed by atoms with van der Waals surface area (Å²) in [5, 5.41) is 0. The predicted octanol–water partition coefficient (Wildman–Crippen LogP) is 3.48. The average molecular weight is 326 g/mol. The monoisotopic (exact) mass is 326 g/mol. The number of hydrogen-bond acceptors (Lipinski definition) is 3. The highest BCUT2D eigenvalue weighted by molar-refractivity contribution is 5.78. The minimum Gasteiger partial charge on any atom is -0.486 e. The summed E-state index contributed by atoms with van der Waals surface area (Å²) in [6.07, 6.45) is -0.146. The standard InChI is InChI=1S/C14H15F5O3/c1-4-7-8(15)9(16)10(17)11(18)12(7)21-5-6-22-13(20)14(2,3)19/h4-6H2,1-3H3. The minimum absolute atomic E-state index is 0.146. The molecule has 8 heteroatoms. The molecule has 1 aromatic rings. The molecule has 0 amide bonds. The summed E-state index contributed by atoms with van der Waals surface area (Å²) in [7, 11) is 0. The number of halogens is 5. The fraction of sp³-hybridized carbons (Fsp3) is 0.500. The Labute approximate surface area is 124 Å². The van der Waals surface area contributed by atoms with Gasteiger partial charge >= 0.3 is 5.97 Å². The highest BCUT2D eigenvalue weighted by atomic mass is 19.2. The van der Waals surface area contributed by atoms with Gasteiger partial charge in [-0.3, -0.25) is 0 Å². The third-order valence-electron chi connectivity index (χ3n) is 2.72. The second-order valence-electron chi connectivity index (χ2n) is 4.87. The van der Waals surface area contributed by atoms with Gasteiger partial charge in [0.1, 0.15) is 13.2 Å². The summed E-state index contributed by atoms with van der Waals surface area (Å²) < 4.78 is 75.8. The summed E-state index contributed by atoms with van der Waals surface area (Å²) in [5.74, 6) is -9.09. The van der Waals surface area contributed by atoms with E-state index in [-0.39, 0.29) is 6.42 Å². The van der Waals surface area contributed by atoms with Gasteiger partial charge in [-0.15, -0.1) is 0 Å². The van der Waals surface area contributed by atoms with Gasteiger partial charge in [0.15, 0.2) is 17.4 Å². The zero-order valence-corrected chi connectivity index (χ0v) is 12.2. The van der Waals surface area contributed by atoms with Crippen LogP contribution in [0, 0.1) is 23.3 Å². The van der Waals surface area contributed by atoms with Gasteiger partial charge in [0.2, 0.25) is 17.3 Å². The van der Waals surface area contributed by atoms with E-state index in [4.69, 9.17) is 4.74 Å². The maximum absolute atomic E-state index is 13.6. The number of esters is 1. The van der Waals surface area contributed by atoms with Crippen LogP contribution in [-0.2, 0) is 16.0 Å². The van der Waals surface area contributed by atoms with Crippen LogP contribution in [0.5, 0.6) is 5.75 Å². The van der Waals surface area contributed by atoms with Crippen molar-refractivity contribution in [2.24, 2.45) is 0 Å². The van der Waals surface area contributed by atoms with Gasteiger partial charge in [0.05, 0.1) is 0 Å². The molecule has 1 rings (SSSR count). The van der Waals surface area contributed by atoms with E-state index in [2.05, 4.69) is 4.74 Å². The summed E-state index contributed by atoms with van der Waals surface area (Å²) in [4.78, 5) is 11.1. The second kappa shape index (κ2) is 6.93. The number of hydrogen-bond donors (Lipinski definition) is 0.